The highest BCUT2D eigenvalue weighted by atomic mass is 19.1. The normalized spacial score (nSPS) is 12.8. The zero-order chi connectivity index (χ0) is 19.8. The van der Waals surface area contributed by atoms with Crippen molar-refractivity contribution in [2.45, 2.75) is 33.7 Å². The molecule has 0 aliphatic carbocycles. The van der Waals surface area contributed by atoms with Crippen LogP contribution in [0.25, 0.3) is 10.9 Å². The Morgan fingerprint density at radius 2 is 1.89 bits per heavy atom. The van der Waals surface area contributed by atoms with Gasteiger partial charge in [-0.1, -0.05) is 56.7 Å². The first-order chi connectivity index (χ1) is 12.7. The van der Waals surface area contributed by atoms with Crippen molar-refractivity contribution in [3.63, 3.8) is 0 Å². The number of hydrogen-bond acceptors (Lipinski definition) is 3. The third-order valence-electron chi connectivity index (χ3n) is 4.48. The molecule has 1 atom stereocenters. The van der Waals surface area contributed by atoms with Crippen molar-refractivity contribution >= 4 is 16.8 Å². The van der Waals surface area contributed by atoms with Crippen LogP contribution in [0.2, 0.25) is 0 Å². The van der Waals surface area contributed by atoms with Crippen LogP contribution in [-0.2, 0) is 0 Å². The van der Waals surface area contributed by atoms with Gasteiger partial charge >= 0.3 is 0 Å². The largest absolute Gasteiger partial charge is 0.343 e. The lowest BCUT2D eigenvalue weighted by atomic mass is 9.82. The number of aromatic amines is 1. The van der Waals surface area contributed by atoms with Crippen LogP contribution in [0.3, 0.4) is 0 Å². The van der Waals surface area contributed by atoms with E-state index in [4.69, 9.17) is 0 Å². The molecule has 27 heavy (non-hydrogen) atoms. The van der Waals surface area contributed by atoms with Gasteiger partial charge in [0, 0.05) is 0 Å². The van der Waals surface area contributed by atoms with E-state index in [1.807, 2.05) is 52.0 Å². The Hall–Kier alpha value is -3.02. The second-order valence-electron chi connectivity index (χ2n) is 7.75. The van der Waals surface area contributed by atoms with Gasteiger partial charge in [0.05, 0.1) is 11.4 Å². The first-order valence-corrected chi connectivity index (χ1v) is 8.73. The third-order valence-corrected chi connectivity index (χ3v) is 4.48. The summed E-state index contributed by atoms with van der Waals surface area (Å²) in [5.41, 5.74) is 0.837. The number of aryl methyl sites for hydroxylation is 1. The van der Waals surface area contributed by atoms with Gasteiger partial charge in [-0.25, -0.2) is 4.39 Å². The molecule has 0 bridgehead atoms. The highest BCUT2D eigenvalue weighted by Crippen LogP contribution is 2.33. The minimum absolute atomic E-state index is 0.00916. The highest BCUT2D eigenvalue weighted by molar-refractivity contribution is 5.95. The third kappa shape index (κ3) is 3.74. The van der Waals surface area contributed by atoms with Crippen molar-refractivity contribution < 1.29 is 9.18 Å². The molecule has 2 N–H and O–H groups in total. The van der Waals surface area contributed by atoms with Crippen molar-refractivity contribution in [2.75, 3.05) is 0 Å². The highest BCUT2D eigenvalue weighted by Gasteiger charge is 2.29. The van der Waals surface area contributed by atoms with Crippen molar-refractivity contribution in [3.8, 4) is 0 Å². The molecule has 0 spiro atoms. The number of benzene rings is 2. The lowest BCUT2D eigenvalue weighted by Crippen LogP contribution is -2.39. The van der Waals surface area contributed by atoms with E-state index in [0.29, 0.717) is 0 Å². The molecule has 3 rings (SSSR count). The summed E-state index contributed by atoms with van der Waals surface area (Å²) in [5, 5.41) is 9.33. The van der Waals surface area contributed by atoms with E-state index in [1.54, 1.807) is 0 Å². The lowest BCUT2D eigenvalue weighted by Gasteiger charge is -2.32. The minimum atomic E-state index is -0.599. The topological polar surface area (TPSA) is 74.8 Å². The van der Waals surface area contributed by atoms with E-state index >= 15 is 0 Å². The molecule has 0 fully saturated rings. The Bertz CT molecular complexity index is 1070. The average Bonchev–Trinajstić information content (AvgIpc) is 2.59. The molecule has 5 nitrogen and oxygen atoms in total. The molecule has 0 aliphatic rings. The first kappa shape index (κ1) is 18.8. The van der Waals surface area contributed by atoms with Gasteiger partial charge in [0.2, 0.25) is 5.43 Å². The van der Waals surface area contributed by atoms with Gasteiger partial charge in [-0.2, -0.15) is 5.10 Å². The van der Waals surface area contributed by atoms with Gasteiger partial charge < -0.3 is 5.32 Å². The van der Waals surface area contributed by atoms with E-state index in [1.165, 1.54) is 18.2 Å². The summed E-state index contributed by atoms with van der Waals surface area (Å²) < 4.78 is 13.8. The number of amides is 1. The Morgan fingerprint density at radius 1 is 1.19 bits per heavy atom. The van der Waals surface area contributed by atoms with Gasteiger partial charge in [-0.15, -0.1) is 0 Å². The monoisotopic (exact) mass is 367 g/mol. The molecule has 1 amide bonds. The number of para-hydroxylation sites is 1. The molecule has 0 aliphatic heterocycles. The van der Waals surface area contributed by atoms with E-state index in [9.17, 15) is 14.0 Å². The summed E-state index contributed by atoms with van der Waals surface area (Å²) in [4.78, 5) is 25.5. The molecule has 0 radical (unpaired) electrons. The summed E-state index contributed by atoms with van der Waals surface area (Å²) in [5.74, 6) is -1.18. The van der Waals surface area contributed by atoms with Crippen molar-refractivity contribution in [1.29, 1.82) is 0 Å². The number of nitrogens with zero attached hydrogens (tertiary/aromatic N) is 1. The maximum Gasteiger partial charge on any atom is 0.276 e. The van der Waals surface area contributed by atoms with Crippen molar-refractivity contribution in [3.05, 3.63) is 75.3 Å². The summed E-state index contributed by atoms with van der Waals surface area (Å²) in [7, 11) is 0. The smallest absolute Gasteiger partial charge is 0.276 e. The van der Waals surface area contributed by atoms with E-state index in [2.05, 4.69) is 15.5 Å². The van der Waals surface area contributed by atoms with Crippen LogP contribution in [-0.4, -0.2) is 16.1 Å². The number of fused-ring (bicyclic) bond motifs is 1. The fraction of sp³-hybridized carbons (Fsp3) is 0.286. The molecule has 0 saturated carbocycles. The predicted molar refractivity (Wildman–Crippen MR) is 103 cm³/mol. The lowest BCUT2D eigenvalue weighted by molar-refractivity contribution is 0.0894. The Balaban J connectivity index is 2.01. The quantitative estimate of drug-likeness (QED) is 0.737. The minimum Gasteiger partial charge on any atom is -0.343 e. The van der Waals surface area contributed by atoms with Crippen LogP contribution in [0.4, 0.5) is 4.39 Å². The van der Waals surface area contributed by atoms with E-state index in [0.717, 1.165) is 11.1 Å². The number of nitrogens with one attached hydrogen (secondary N) is 2. The molecular formula is C21H22FN3O2. The number of aromatic nitrogens is 2. The number of halogens is 1. The van der Waals surface area contributed by atoms with Crippen molar-refractivity contribution in [2.24, 2.45) is 5.41 Å². The molecule has 1 unspecified atom stereocenters. The van der Waals surface area contributed by atoms with E-state index < -0.39 is 17.2 Å². The van der Waals surface area contributed by atoms with E-state index in [-0.39, 0.29) is 28.1 Å². The summed E-state index contributed by atoms with van der Waals surface area (Å²) >= 11 is 0. The molecule has 6 heteroatoms. The van der Waals surface area contributed by atoms with Crippen LogP contribution < -0.4 is 10.7 Å². The number of carbonyl (C=O) groups is 1. The van der Waals surface area contributed by atoms with Crippen molar-refractivity contribution in [1.82, 2.24) is 15.5 Å². The fourth-order valence-corrected chi connectivity index (χ4v) is 3.12. The van der Waals surface area contributed by atoms with Gasteiger partial charge in [-0.05, 0) is 30.0 Å². The standard InChI is InChI=1S/C21H22FN3O2/c1-12-7-5-8-13(11-12)19(21(2,3)4)23-20(27)17-18(26)14-9-6-10-15(22)16(14)24-25-17/h5-11,19H,1-4H3,(H,23,27)(H,24,26). The first-order valence-electron chi connectivity index (χ1n) is 8.73. The van der Waals surface area contributed by atoms with Crippen LogP contribution in [0.15, 0.2) is 47.3 Å². The van der Waals surface area contributed by atoms with Gasteiger partial charge in [0.1, 0.15) is 11.3 Å². The summed E-state index contributed by atoms with van der Waals surface area (Å²) in [6.45, 7) is 8.00. The van der Waals surface area contributed by atoms with Gasteiger partial charge in [0.25, 0.3) is 5.91 Å². The second kappa shape index (κ2) is 6.95. The number of hydrogen-bond donors (Lipinski definition) is 2. The Morgan fingerprint density at radius 3 is 2.56 bits per heavy atom. The summed E-state index contributed by atoms with van der Waals surface area (Å²) in [6.07, 6.45) is 0. The van der Waals surface area contributed by atoms with Crippen LogP contribution in [0.5, 0.6) is 0 Å². The van der Waals surface area contributed by atoms with Crippen LogP contribution in [0, 0.1) is 18.2 Å². The molecule has 2 aromatic carbocycles. The summed E-state index contributed by atoms with van der Waals surface area (Å²) in [6, 6.07) is 11.7. The SMILES string of the molecule is Cc1cccc(C(NC(=O)c2n[nH]c3c(F)cccc3c2=O)C(C)(C)C)c1. The number of rotatable bonds is 3. The Labute approximate surface area is 156 Å². The van der Waals surface area contributed by atoms with Gasteiger partial charge in [-0.3, -0.25) is 14.7 Å². The zero-order valence-electron chi connectivity index (χ0n) is 15.8. The van der Waals surface area contributed by atoms with Gasteiger partial charge in [0.15, 0.2) is 5.69 Å². The molecule has 140 valence electrons. The Kier molecular flexibility index (Phi) is 4.83. The second-order valence-corrected chi connectivity index (χ2v) is 7.75. The maximum atomic E-state index is 13.8. The molecule has 0 saturated heterocycles. The zero-order valence-corrected chi connectivity index (χ0v) is 15.8. The molecule has 3 aromatic rings. The fourth-order valence-electron chi connectivity index (χ4n) is 3.12. The van der Waals surface area contributed by atoms with Crippen LogP contribution in [0.1, 0.15) is 48.4 Å². The molecule has 1 aromatic heterocycles. The number of carbonyl (C=O) groups excluding carboxylic acids is 1. The average molecular weight is 367 g/mol. The van der Waals surface area contributed by atoms with Crippen LogP contribution >= 0.6 is 0 Å². The predicted octanol–water partition coefficient (Wildman–Crippen LogP) is 3.89. The number of H-pyrrole nitrogens is 1. The molecular weight excluding hydrogens is 345 g/mol. The maximum absolute atomic E-state index is 13.8. The molecule has 1 heterocycles.